The van der Waals surface area contributed by atoms with Crippen molar-refractivity contribution in [1.82, 2.24) is 9.97 Å². The summed E-state index contributed by atoms with van der Waals surface area (Å²) in [6.45, 7) is 0. The molecule has 0 amide bonds. The Morgan fingerprint density at radius 1 is 1.04 bits per heavy atom. The molecule has 1 N–H and O–H groups in total. The minimum atomic E-state index is -0.177. The van der Waals surface area contributed by atoms with Crippen molar-refractivity contribution in [2.24, 2.45) is 0 Å². The number of hydrogen-bond acceptors (Lipinski definition) is 4. The zero-order valence-electron chi connectivity index (χ0n) is 13.2. The number of halogens is 1. The van der Waals surface area contributed by atoms with Gasteiger partial charge in [-0.1, -0.05) is 22.0 Å². The number of methoxy groups -OCH3 is 2. The second kappa shape index (κ2) is 6.88. The Bertz CT molecular complexity index is 957. The summed E-state index contributed by atoms with van der Waals surface area (Å²) in [4.78, 5) is 19.4. The van der Waals surface area contributed by atoms with Gasteiger partial charge in [-0.2, -0.15) is 0 Å². The molecule has 0 aliphatic carbocycles. The van der Waals surface area contributed by atoms with Gasteiger partial charge in [0.15, 0.2) is 0 Å². The zero-order valence-corrected chi connectivity index (χ0v) is 14.8. The molecule has 0 aliphatic heterocycles. The third-order valence-electron chi connectivity index (χ3n) is 3.49. The molecule has 2 aromatic carbocycles. The van der Waals surface area contributed by atoms with Gasteiger partial charge in [-0.25, -0.2) is 4.98 Å². The highest BCUT2D eigenvalue weighted by molar-refractivity contribution is 9.10. The molecule has 0 saturated carbocycles. The summed E-state index contributed by atoms with van der Waals surface area (Å²) in [5.74, 6) is 1.87. The molecule has 0 atom stereocenters. The number of benzene rings is 2. The number of nitrogens with zero attached hydrogens (tertiary/aromatic N) is 1. The molecular formula is C18H15BrN2O3. The Labute approximate surface area is 147 Å². The maximum atomic E-state index is 12.2. The summed E-state index contributed by atoms with van der Waals surface area (Å²) in [5, 5.41) is 0.546. The van der Waals surface area contributed by atoms with E-state index in [1.165, 1.54) is 0 Å². The van der Waals surface area contributed by atoms with Crippen LogP contribution in [0, 0.1) is 0 Å². The number of ether oxygens (including phenoxy) is 2. The van der Waals surface area contributed by atoms with Crippen molar-refractivity contribution in [3.05, 3.63) is 62.6 Å². The maximum absolute atomic E-state index is 12.2. The van der Waals surface area contributed by atoms with E-state index in [9.17, 15) is 4.79 Å². The van der Waals surface area contributed by atoms with Crippen LogP contribution < -0.4 is 15.0 Å². The van der Waals surface area contributed by atoms with Crippen molar-refractivity contribution in [3.8, 4) is 11.5 Å². The first-order valence-electron chi connectivity index (χ1n) is 7.20. The monoisotopic (exact) mass is 386 g/mol. The van der Waals surface area contributed by atoms with Crippen molar-refractivity contribution in [3.63, 3.8) is 0 Å². The fourth-order valence-corrected chi connectivity index (χ4v) is 2.67. The molecule has 122 valence electrons. The van der Waals surface area contributed by atoms with Gasteiger partial charge in [0.2, 0.25) is 0 Å². The summed E-state index contributed by atoms with van der Waals surface area (Å²) in [6.07, 6.45) is 3.59. The zero-order chi connectivity index (χ0) is 17.1. The average Bonchev–Trinajstić information content (AvgIpc) is 2.60. The lowest BCUT2D eigenvalue weighted by molar-refractivity contribution is 0.394. The first kappa shape index (κ1) is 16.3. The molecule has 3 rings (SSSR count). The fourth-order valence-electron chi connectivity index (χ4n) is 2.31. The predicted molar refractivity (Wildman–Crippen MR) is 98.5 cm³/mol. The van der Waals surface area contributed by atoms with Crippen molar-refractivity contribution < 1.29 is 9.47 Å². The Morgan fingerprint density at radius 2 is 1.75 bits per heavy atom. The van der Waals surface area contributed by atoms with Crippen LogP contribution in [-0.2, 0) is 0 Å². The van der Waals surface area contributed by atoms with E-state index in [1.807, 2.05) is 24.3 Å². The molecular weight excluding hydrogens is 372 g/mol. The normalized spacial score (nSPS) is 11.1. The summed E-state index contributed by atoms with van der Waals surface area (Å²) >= 11 is 3.36. The van der Waals surface area contributed by atoms with Gasteiger partial charge in [0, 0.05) is 10.5 Å². The second-order valence-electron chi connectivity index (χ2n) is 5.09. The van der Waals surface area contributed by atoms with Gasteiger partial charge in [-0.05, 0) is 42.0 Å². The molecule has 0 fully saturated rings. The molecule has 5 nitrogen and oxygen atoms in total. The molecule has 1 aromatic heterocycles. The summed E-state index contributed by atoms with van der Waals surface area (Å²) in [5.41, 5.74) is 1.35. The quantitative estimate of drug-likeness (QED) is 0.738. The lowest BCUT2D eigenvalue weighted by atomic mass is 10.2. The van der Waals surface area contributed by atoms with Gasteiger partial charge in [0.25, 0.3) is 5.56 Å². The van der Waals surface area contributed by atoms with Gasteiger partial charge in [0.05, 0.1) is 25.1 Å². The SMILES string of the molecule is COc1cc(/C=C/c2nc3ccc(Br)cc3c(=O)[nH]2)cc(OC)c1. The van der Waals surface area contributed by atoms with Crippen LogP contribution in [0.4, 0.5) is 0 Å². The van der Waals surface area contributed by atoms with E-state index < -0.39 is 0 Å². The predicted octanol–water partition coefficient (Wildman–Crippen LogP) is 3.87. The number of H-pyrrole nitrogens is 1. The third-order valence-corrected chi connectivity index (χ3v) is 3.99. The van der Waals surface area contributed by atoms with Crippen molar-refractivity contribution in [2.45, 2.75) is 0 Å². The standard InChI is InChI=1S/C18H15BrN2O3/c1-23-13-7-11(8-14(10-13)24-2)3-6-17-20-16-5-4-12(19)9-15(16)18(22)21-17/h3-10H,1-2H3,(H,20,21,22)/b6-3+. The average molecular weight is 387 g/mol. The van der Waals surface area contributed by atoms with Crippen molar-refractivity contribution >= 4 is 39.0 Å². The third kappa shape index (κ3) is 3.49. The molecule has 3 aromatic rings. The smallest absolute Gasteiger partial charge is 0.259 e. The number of aromatic nitrogens is 2. The van der Waals surface area contributed by atoms with E-state index in [2.05, 4.69) is 25.9 Å². The molecule has 0 bridgehead atoms. The van der Waals surface area contributed by atoms with Crippen LogP contribution in [0.15, 0.2) is 45.7 Å². The van der Waals surface area contributed by atoms with Gasteiger partial charge in [0.1, 0.15) is 17.3 Å². The van der Waals surface area contributed by atoms with E-state index in [0.29, 0.717) is 28.2 Å². The molecule has 0 spiro atoms. The van der Waals surface area contributed by atoms with Crippen LogP contribution >= 0.6 is 15.9 Å². The minimum Gasteiger partial charge on any atom is -0.497 e. The van der Waals surface area contributed by atoms with Crippen LogP contribution in [0.25, 0.3) is 23.1 Å². The lowest BCUT2D eigenvalue weighted by Gasteiger charge is -2.05. The molecule has 24 heavy (non-hydrogen) atoms. The van der Waals surface area contributed by atoms with Gasteiger partial charge in [-0.15, -0.1) is 0 Å². The van der Waals surface area contributed by atoms with Gasteiger partial charge < -0.3 is 14.5 Å². The van der Waals surface area contributed by atoms with E-state index >= 15 is 0 Å². The fraction of sp³-hybridized carbons (Fsp3) is 0.111. The molecule has 0 saturated heterocycles. The molecule has 6 heteroatoms. The van der Waals surface area contributed by atoms with E-state index in [4.69, 9.17) is 9.47 Å². The highest BCUT2D eigenvalue weighted by atomic mass is 79.9. The lowest BCUT2D eigenvalue weighted by Crippen LogP contribution is -2.09. The first-order chi connectivity index (χ1) is 11.6. The Morgan fingerprint density at radius 3 is 2.42 bits per heavy atom. The topological polar surface area (TPSA) is 64.2 Å². The van der Waals surface area contributed by atoms with Crippen LogP contribution in [0.5, 0.6) is 11.5 Å². The highest BCUT2D eigenvalue weighted by Gasteiger charge is 2.03. The highest BCUT2D eigenvalue weighted by Crippen LogP contribution is 2.23. The number of nitrogens with one attached hydrogen (secondary N) is 1. The van der Waals surface area contributed by atoms with Gasteiger partial charge in [-0.3, -0.25) is 4.79 Å². The minimum absolute atomic E-state index is 0.177. The molecule has 0 unspecified atom stereocenters. The summed E-state index contributed by atoms with van der Waals surface area (Å²) in [7, 11) is 3.20. The number of aromatic amines is 1. The molecule has 0 radical (unpaired) electrons. The van der Waals surface area contributed by atoms with Gasteiger partial charge >= 0.3 is 0 Å². The summed E-state index contributed by atoms with van der Waals surface area (Å²) in [6, 6.07) is 11.0. The largest absolute Gasteiger partial charge is 0.497 e. The maximum Gasteiger partial charge on any atom is 0.259 e. The molecule has 1 heterocycles. The number of hydrogen-bond donors (Lipinski definition) is 1. The second-order valence-corrected chi connectivity index (χ2v) is 6.01. The van der Waals surface area contributed by atoms with Crippen molar-refractivity contribution in [2.75, 3.05) is 14.2 Å². The van der Waals surface area contributed by atoms with Crippen molar-refractivity contribution in [1.29, 1.82) is 0 Å². The summed E-state index contributed by atoms with van der Waals surface area (Å²) < 4.78 is 11.3. The Kier molecular flexibility index (Phi) is 4.66. The van der Waals surface area contributed by atoms with E-state index in [-0.39, 0.29) is 5.56 Å². The Balaban J connectivity index is 1.99. The number of rotatable bonds is 4. The number of fused-ring (bicyclic) bond motifs is 1. The Hall–Kier alpha value is -2.60. The van der Waals surface area contributed by atoms with E-state index in [0.717, 1.165) is 10.0 Å². The first-order valence-corrected chi connectivity index (χ1v) is 7.99. The van der Waals surface area contributed by atoms with Crippen LogP contribution in [0.3, 0.4) is 0 Å². The van der Waals surface area contributed by atoms with Crippen LogP contribution in [0.1, 0.15) is 11.4 Å². The molecule has 0 aliphatic rings. The van der Waals surface area contributed by atoms with Crippen LogP contribution in [-0.4, -0.2) is 24.2 Å². The van der Waals surface area contributed by atoms with E-state index in [1.54, 1.807) is 38.5 Å². The van der Waals surface area contributed by atoms with Crippen LogP contribution in [0.2, 0.25) is 0 Å².